The first kappa shape index (κ1) is 16.6. The minimum Gasteiger partial charge on any atom is -0.326 e. The lowest BCUT2D eigenvalue weighted by atomic mass is 10.1. The maximum atomic E-state index is 12.5. The fourth-order valence-electron chi connectivity index (χ4n) is 2.95. The quantitative estimate of drug-likeness (QED) is 0.916. The summed E-state index contributed by atoms with van der Waals surface area (Å²) >= 11 is 1.62. The molecular weight excluding hydrogens is 320 g/mol. The van der Waals surface area contributed by atoms with Crippen molar-refractivity contribution in [1.29, 1.82) is 0 Å². The maximum Gasteiger partial charge on any atom is 0.238 e. The fourth-order valence-corrected chi connectivity index (χ4v) is 4.11. The average molecular weight is 340 g/mol. The van der Waals surface area contributed by atoms with Crippen molar-refractivity contribution < 1.29 is 9.59 Å². The predicted octanol–water partition coefficient (Wildman–Crippen LogP) is 3.99. The van der Waals surface area contributed by atoms with Crippen LogP contribution in [0.15, 0.2) is 48.5 Å². The summed E-state index contributed by atoms with van der Waals surface area (Å²) in [6.07, 6.45) is 0.878. The summed E-state index contributed by atoms with van der Waals surface area (Å²) in [5, 5.41) is 2.73. The van der Waals surface area contributed by atoms with Crippen LogP contribution in [-0.4, -0.2) is 17.6 Å². The van der Waals surface area contributed by atoms with Gasteiger partial charge in [0.2, 0.25) is 11.8 Å². The lowest BCUT2D eigenvalue weighted by Crippen LogP contribution is -2.28. The molecule has 1 aliphatic rings. The third kappa shape index (κ3) is 3.31. The van der Waals surface area contributed by atoms with E-state index in [9.17, 15) is 9.59 Å². The molecule has 0 aromatic heterocycles. The van der Waals surface area contributed by atoms with E-state index < -0.39 is 0 Å². The SMILES string of the molecule is CCc1ccccc1N1C(=O)CSC1c1cccc(NC(C)=O)c1. The van der Waals surface area contributed by atoms with Gasteiger partial charge >= 0.3 is 0 Å². The Bertz CT molecular complexity index is 775. The van der Waals surface area contributed by atoms with E-state index in [0.717, 1.165) is 28.9 Å². The molecule has 24 heavy (non-hydrogen) atoms. The largest absolute Gasteiger partial charge is 0.326 e. The van der Waals surface area contributed by atoms with Crippen molar-refractivity contribution >= 4 is 35.0 Å². The summed E-state index contributed by atoms with van der Waals surface area (Å²) in [5.74, 6) is 0.485. The Hall–Kier alpha value is -2.27. The molecule has 1 atom stereocenters. The van der Waals surface area contributed by atoms with E-state index in [-0.39, 0.29) is 17.2 Å². The van der Waals surface area contributed by atoms with Crippen LogP contribution < -0.4 is 10.2 Å². The first-order valence-electron chi connectivity index (χ1n) is 7.99. The highest BCUT2D eigenvalue weighted by molar-refractivity contribution is 8.00. The van der Waals surface area contributed by atoms with E-state index in [4.69, 9.17) is 0 Å². The molecule has 1 saturated heterocycles. The molecule has 5 heteroatoms. The van der Waals surface area contributed by atoms with E-state index in [1.54, 1.807) is 11.8 Å². The molecule has 0 aliphatic carbocycles. The zero-order chi connectivity index (χ0) is 17.1. The Balaban J connectivity index is 1.98. The smallest absolute Gasteiger partial charge is 0.238 e. The number of para-hydroxylation sites is 1. The van der Waals surface area contributed by atoms with Gasteiger partial charge in [0.1, 0.15) is 5.37 Å². The third-order valence-electron chi connectivity index (χ3n) is 3.99. The highest BCUT2D eigenvalue weighted by Gasteiger charge is 2.35. The van der Waals surface area contributed by atoms with Gasteiger partial charge in [-0.1, -0.05) is 37.3 Å². The molecule has 2 aromatic carbocycles. The van der Waals surface area contributed by atoms with Gasteiger partial charge in [0.05, 0.1) is 5.75 Å². The molecule has 0 bridgehead atoms. The highest BCUT2D eigenvalue weighted by atomic mass is 32.2. The molecule has 1 aliphatic heterocycles. The number of nitrogens with one attached hydrogen (secondary N) is 1. The Labute approximate surface area is 146 Å². The molecule has 2 amide bonds. The van der Waals surface area contributed by atoms with E-state index >= 15 is 0 Å². The van der Waals surface area contributed by atoms with E-state index in [1.165, 1.54) is 6.92 Å². The molecule has 3 rings (SSSR count). The van der Waals surface area contributed by atoms with E-state index in [2.05, 4.69) is 18.3 Å². The summed E-state index contributed by atoms with van der Waals surface area (Å²) in [7, 11) is 0. The minimum atomic E-state index is -0.101. The number of hydrogen-bond acceptors (Lipinski definition) is 3. The van der Waals surface area contributed by atoms with Crippen LogP contribution in [0.25, 0.3) is 0 Å². The first-order chi connectivity index (χ1) is 11.6. The van der Waals surface area contributed by atoms with Crippen LogP contribution >= 0.6 is 11.8 Å². The molecule has 0 spiro atoms. The molecule has 124 valence electrons. The minimum absolute atomic E-state index is 0.0705. The van der Waals surface area contributed by atoms with Crippen molar-refractivity contribution in [2.45, 2.75) is 25.6 Å². The van der Waals surface area contributed by atoms with Crippen molar-refractivity contribution in [3.63, 3.8) is 0 Å². The zero-order valence-corrected chi connectivity index (χ0v) is 14.6. The monoisotopic (exact) mass is 340 g/mol. The first-order valence-corrected chi connectivity index (χ1v) is 9.04. The van der Waals surface area contributed by atoms with Crippen LogP contribution in [0.2, 0.25) is 0 Å². The van der Waals surface area contributed by atoms with Gasteiger partial charge in [-0.25, -0.2) is 0 Å². The molecule has 1 fully saturated rings. The van der Waals surface area contributed by atoms with E-state index in [1.807, 2.05) is 47.4 Å². The zero-order valence-electron chi connectivity index (χ0n) is 13.8. The molecule has 1 unspecified atom stereocenters. The number of thioether (sulfide) groups is 1. The molecular formula is C19H20N2O2S. The van der Waals surface area contributed by atoms with Gasteiger partial charge in [-0.2, -0.15) is 0 Å². The van der Waals surface area contributed by atoms with Gasteiger partial charge in [0.25, 0.3) is 0 Å². The molecule has 0 saturated carbocycles. The van der Waals surface area contributed by atoms with Gasteiger partial charge in [-0.15, -0.1) is 11.8 Å². The summed E-state index contributed by atoms with van der Waals surface area (Å²) < 4.78 is 0. The lowest BCUT2D eigenvalue weighted by Gasteiger charge is -2.26. The number of carbonyl (C=O) groups excluding carboxylic acids is 2. The number of anilines is 2. The van der Waals surface area contributed by atoms with E-state index in [0.29, 0.717) is 5.75 Å². The lowest BCUT2D eigenvalue weighted by molar-refractivity contribution is -0.116. The van der Waals surface area contributed by atoms with Gasteiger partial charge in [-0.3, -0.25) is 14.5 Å². The number of rotatable bonds is 4. The average Bonchev–Trinajstić information content (AvgIpc) is 2.96. The fraction of sp³-hybridized carbons (Fsp3) is 0.263. The van der Waals surface area contributed by atoms with Crippen LogP contribution in [0.1, 0.15) is 30.3 Å². The standard InChI is InChI=1S/C19H20N2O2S/c1-3-14-7-4-5-10-17(14)21-18(23)12-24-19(21)15-8-6-9-16(11-15)20-13(2)22/h4-11,19H,3,12H2,1-2H3,(H,20,22). The van der Waals surface area contributed by atoms with Gasteiger partial charge in [-0.05, 0) is 35.7 Å². The molecule has 4 nitrogen and oxygen atoms in total. The molecule has 2 aromatic rings. The van der Waals surface area contributed by atoms with Crippen molar-refractivity contribution in [3.05, 3.63) is 59.7 Å². The molecule has 1 N–H and O–H groups in total. The predicted molar refractivity (Wildman–Crippen MR) is 99.3 cm³/mol. The topological polar surface area (TPSA) is 49.4 Å². The summed E-state index contributed by atoms with van der Waals surface area (Å²) in [6.45, 7) is 3.59. The van der Waals surface area contributed by atoms with Gasteiger partial charge < -0.3 is 5.32 Å². The number of carbonyl (C=O) groups is 2. The van der Waals surface area contributed by atoms with Gasteiger partial charge in [0, 0.05) is 18.3 Å². The summed E-state index contributed by atoms with van der Waals surface area (Å²) in [5.41, 5.74) is 3.91. The summed E-state index contributed by atoms with van der Waals surface area (Å²) in [6, 6.07) is 15.8. The van der Waals surface area contributed by atoms with Crippen molar-refractivity contribution in [2.75, 3.05) is 16.0 Å². The number of amides is 2. The second-order valence-corrected chi connectivity index (χ2v) is 6.78. The Morgan fingerprint density at radius 3 is 2.79 bits per heavy atom. The van der Waals surface area contributed by atoms with Crippen molar-refractivity contribution in [3.8, 4) is 0 Å². The second kappa shape index (κ2) is 7.09. The highest BCUT2D eigenvalue weighted by Crippen LogP contribution is 2.43. The summed E-state index contributed by atoms with van der Waals surface area (Å²) in [4.78, 5) is 25.7. The van der Waals surface area contributed by atoms with Crippen LogP contribution in [0.3, 0.4) is 0 Å². The van der Waals surface area contributed by atoms with Crippen molar-refractivity contribution in [2.24, 2.45) is 0 Å². The Morgan fingerprint density at radius 1 is 1.25 bits per heavy atom. The van der Waals surface area contributed by atoms with Gasteiger partial charge in [0.15, 0.2) is 0 Å². The Morgan fingerprint density at radius 2 is 2.04 bits per heavy atom. The number of aryl methyl sites for hydroxylation is 1. The Kier molecular flexibility index (Phi) is 4.90. The third-order valence-corrected chi connectivity index (χ3v) is 5.20. The number of nitrogens with zero attached hydrogens (tertiary/aromatic N) is 1. The van der Waals surface area contributed by atoms with Crippen LogP contribution in [0.5, 0.6) is 0 Å². The van der Waals surface area contributed by atoms with Crippen LogP contribution in [0, 0.1) is 0 Å². The van der Waals surface area contributed by atoms with Crippen molar-refractivity contribution in [1.82, 2.24) is 0 Å². The van der Waals surface area contributed by atoms with Crippen LogP contribution in [0.4, 0.5) is 11.4 Å². The number of benzene rings is 2. The molecule has 1 heterocycles. The number of hydrogen-bond donors (Lipinski definition) is 1. The maximum absolute atomic E-state index is 12.5. The normalized spacial score (nSPS) is 17.2. The second-order valence-electron chi connectivity index (χ2n) is 5.72. The van der Waals surface area contributed by atoms with Crippen LogP contribution in [-0.2, 0) is 16.0 Å². The molecule has 0 radical (unpaired) electrons.